The van der Waals surface area contributed by atoms with Gasteiger partial charge in [-0.25, -0.2) is 4.79 Å². The molecule has 5 nitrogen and oxygen atoms in total. The molecule has 0 spiro atoms. The van der Waals surface area contributed by atoms with Gasteiger partial charge in [0, 0.05) is 12.1 Å². The van der Waals surface area contributed by atoms with Crippen LogP contribution in [0, 0.1) is 0 Å². The number of halogens is 6. The summed E-state index contributed by atoms with van der Waals surface area (Å²) in [5.74, 6) is -2.91. The first kappa shape index (κ1) is 22.6. The van der Waals surface area contributed by atoms with Gasteiger partial charge in [-0.1, -0.05) is 6.92 Å². The average molecular weight is 400 g/mol. The number of ether oxygens (including phenoxy) is 1. The summed E-state index contributed by atoms with van der Waals surface area (Å²) in [6.45, 7) is 2.41. The van der Waals surface area contributed by atoms with Gasteiger partial charge in [0.05, 0.1) is 12.2 Å². The molecule has 0 saturated heterocycles. The summed E-state index contributed by atoms with van der Waals surface area (Å²) in [7, 11) is 0. The highest BCUT2D eigenvalue weighted by Crippen LogP contribution is 2.35. The molecule has 0 aromatic heterocycles. The Morgan fingerprint density at radius 3 is 1.96 bits per heavy atom. The fourth-order valence-corrected chi connectivity index (χ4v) is 2.09. The molecule has 0 fully saturated rings. The van der Waals surface area contributed by atoms with Crippen LogP contribution in [0.25, 0.3) is 0 Å². The third kappa shape index (κ3) is 5.51. The minimum Gasteiger partial charge on any atom is -0.463 e. The minimum absolute atomic E-state index is 0.211. The van der Waals surface area contributed by atoms with Gasteiger partial charge in [0.15, 0.2) is 0 Å². The Kier molecular flexibility index (Phi) is 7.10. The van der Waals surface area contributed by atoms with E-state index in [9.17, 15) is 35.9 Å². The molecule has 1 atom stereocenters. The lowest BCUT2D eigenvalue weighted by Gasteiger charge is -2.35. The molecule has 0 saturated carbocycles. The summed E-state index contributed by atoms with van der Waals surface area (Å²) in [4.78, 5) is 23.9. The standard InChI is InChI=1S/C16H18F6N2O3/c1-3-5-12(25)24-14(16(20,21)22,13(26)27-4-2)23-11-8-6-10(7-9-11)15(17,18)19/h6-9,23H,3-5H2,1-2H3,(H,24,25). The van der Waals surface area contributed by atoms with Gasteiger partial charge >= 0.3 is 24.0 Å². The summed E-state index contributed by atoms with van der Waals surface area (Å²) >= 11 is 0. The molecule has 2 N–H and O–H groups in total. The first-order valence-electron chi connectivity index (χ1n) is 7.87. The van der Waals surface area contributed by atoms with Crippen molar-refractivity contribution in [3.05, 3.63) is 29.8 Å². The second kappa shape index (κ2) is 8.49. The van der Waals surface area contributed by atoms with E-state index in [0.29, 0.717) is 24.3 Å². The van der Waals surface area contributed by atoms with Gasteiger partial charge in [-0.3, -0.25) is 4.79 Å². The quantitative estimate of drug-likeness (QED) is 0.415. The molecule has 27 heavy (non-hydrogen) atoms. The second-order valence-corrected chi connectivity index (χ2v) is 5.47. The fraction of sp³-hybridized carbons (Fsp3) is 0.500. The molecule has 0 heterocycles. The lowest BCUT2D eigenvalue weighted by atomic mass is 10.1. The number of carbonyl (C=O) groups excluding carboxylic acids is 2. The van der Waals surface area contributed by atoms with Crippen molar-refractivity contribution in [1.29, 1.82) is 0 Å². The number of hydrogen-bond donors (Lipinski definition) is 2. The van der Waals surface area contributed by atoms with E-state index in [1.54, 1.807) is 17.6 Å². The zero-order valence-electron chi connectivity index (χ0n) is 14.4. The van der Waals surface area contributed by atoms with Gasteiger partial charge < -0.3 is 15.4 Å². The Balaban J connectivity index is 3.34. The monoisotopic (exact) mass is 400 g/mol. The SMILES string of the molecule is CCCC(=O)NC(Nc1ccc(C(F)(F)F)cc1)(C(=O)OCC)C(F)(F)F. The number of hydrogen-bond acceptors (Lipinski definition) is 4. The number of anilines is 1. The fourth-order valence-electron chi connectivity index (χ4n) is 2.09. The van der Waals surface area contributed by atoms with Crippen LogP contribution in [-0.4, -0.2) is 30.3 Å². The number of alkyl halides is 6. The topological polar surface area (TPSA) is 67.4 Å². The van der Waals surface area contributed by atoms with E-state index in [1.165, 1.54) is 6.92 Å². The normalized spacial score (nSPS) is 14.2. The van der Waals surface area contributed by atoms with Crippen molar-refractivity contribution in [2.75, 3.05) is 11.9 Å². The van der Waals surface area contributed by atoms with E-state index in [1.807, 2.05) is 0 Å². The van der Waals surface area contributed by atoms with Crippen molar-refractivity contribution < 1.29 is 40.7 Å². The highest BCUT2D eigenvalue weighted by Gasteiger charge is 2.63. The first-order chi connectivity index (χ1) is 12.4. The van der Waals surface area contributed by atoms with Gasteiger partial charge in [-0.2, -0.15) is 26.3 Å². The average Bonchev–Trinajstić information content (AvgIpc) is 2.53. The molecule has 0 radical (unpaired) electrons. The second-order valence-electron chi connectivity index (χ2n) is 5.47. The van der Waals surface area contributed by atoms with Gasteiger partial charge in [0.25, 0.3) is 0 Å². The zero-order valence-corrected chi connectivity index (χ0v) is 14.4. The molecule has 0 aliphatic rings. The number of esters is 1. The number of nitrogens with one attached hydrogen (secondary N) is 2. The summed E-state index contributed by atoms with van der Waals surface area (Å²) in [5.41, 5.74) is -5.20. The van der Waals surface area contributed by atoms with Crippen LogP contribution >= 0.6 is 0 Å². The molecule has 1 amide bonds. The lowest BCUT2D eigenvalue weighted by molar-refractivity contribution is -0.207. The Morgan fingerprint density at radius 1 is 1.00 bits per heavy atom. The van der Waals surface area contributed by atoms with Crippen LogP contribution in [0.4, 0.5) is 32.0 Å². The Bertz CT molecular complexity index is 658. The zero-order chi connectivity index (χ0) is 20.9. The maximum absolute atomic E-state index is 13.7. The van der Waals surface area contributed by atoms with Crippen LogP contribution in [-0.2, 0) is 20.5 Å². The van der Waals surface area contributed by atoms with E-state index in [2.05, 4.69) is 4.74 Å². The van der Waals surface area contributed by atoms with E-state index < -0.39 is 47.7 Å². The molecular weight excluding hydrogens is 382 g/mol. The molecule has 0 bridgehead atoms. The highest BCUT2D eigenvalue weighted by atomic mass is 19.4. The van der Waals surface area contributed by atoms with E-state index in [-0.39, 0.29) is 12.8 Å². The third-order valence-electron chi connectivity index (χ3n) is 3.35. The molecule has 1 aromatic carbocycles. The summed E-state index contributed by atoms with van der Waals surface area (Å²) in [6, 6.07) is 2.52. The predicted octanol–water partition coefficient (Wildman–Crippen LogP) is 3.86. The molecule has 0 aliphatic carbocycles. The predicted molar refractivity (Wildman–Crippen MR) is 83.5 cm³/mol. The van der Waals surface area contributed by atoms with Crippen LogP contribution in [0.15, 0.2) is 24.3 Å². The smallest absolute Gasteiger partial charge is 0.441 e. The maximum Gasteiger partial charge on any atom is 0.441 e. The molecule has 1 rings (SSSR count). The first-order valence-corrected chi connectivity index (χ1v) is 7.87. The van der Waals surface area contributed by atoms with Gasteiger partial charge in [-0.05, 0) is 37.6 Å². The largest absolute Gasteiger partial charge is 0.463 e. The molecule has 152 valence electrons. The van der Waals surface area contributed by atoms with E-state index in [0.717, 1.165) is 0 Å². The van der Waals surface area contributed by atoms with Gasteiger partial charge in [0.2, 0.25) is 5.91 Å². The Labute approximate surface area is 151 Å². The van der Waals surface area contributed by atoms with Gasteiger partial charge in [0.1, 0.15) is 0 Å². The third-order valence-corrected chi connectivity index (χ3v) is 3.35. The van der Waals surface area contributed by atoms with Crippen molar-refractivity contribution in [3.8, 4) is 0 Å². The van der Waals surface area contributed by atoms with Crippen molar-refractivity contribution in [1.82, 2.24) is 5.32 Å². The van der Waals surface area contributed by atoms with Crippen LogP contribution in [0.5, 0.6) is 0 Å². The lowest BCUT2D eigenvalue weighted by Crippen LogP contribution is -2.69. The van der Waals surface area contributed by atoms with Crippen LogP contribution in [0.3, 0.4) is 0 Å². The van der Waals surface area contributed by atoms with Crippen LogP contribution in [0.2, 0.25) is 0 Å². The van der Waals surface area contributed by atoms with Crippen LogP contribution < -0.4 is 10.6 Å². The minimum atomic E-state index is -5.34. The number of carbonyl (C=O) groups is 2. The number of rotatable bonds is 7. The molecule has 1 aromatic rings. The van der Waals surface area contributed by atoms with Crippen molar-refractivity contribution in [2.45, 2.75) is 44.7 Å². The van der Waals surface area contributed by atoms with Crippen molar-refractivity contribution in [2.24, 2.45) is 0 Å². The summed E-state index contributed by atoms with van der Waals surface area (Å²) < 4.78 is 83.5. The summed E-state index contributed by atoms with van der Waals surface area (Å²) in [6.07, 6.45) is -10.1. The number of benzene rings is 1. The number of amides is 1. The van der Waals surface area contributed by atoms with Crippen molar-refractivity contribution in [3.63, 3.8) is 0 Å². The van der Waals surface area contributed by atoms with Crippen LogP contribution in [0.1, 0.15) is 32.3 Å². The molecule has 0 aliphatic heterocycles. The summed E-state index contributed by atoms with van der Waals surface area (Å²) in [5, 5.41) is 3.36. The van der Waals surface area contributed by atoms with Gasteiger partial charge in [-0.15, -0.1) is 0 Å². The highest BCUT2D eigenvalue weighted by molar-refractivity contribution is 5.91. The Hall–Kier alpha value is -2.46. The molecular formula is C16H18F6N2O3. The van der Waals surface area contributed by atoms with E-state index >= 15 is 0 Å². The molecule has 1 unspecified atom stereocenters. The molecule has 11 heteroatoms. The van der Waals surface area contributed by atoms with Crippen molar-refractivity contribution >= 4 is 17.6 Å². The van der Waals surface area contributed by atoms with E-state index in [4.69, 9.17) is 0 Å². The maximum atomic E-state index is 13.7. The Morgan fingerprint density at radius 2 is 1.56 bits per heavy atom.